The average molecular weight is 499 g/mol. The molecule has 2 aliphatic heterocycles. The molecule has 2 N–H and O–H groups in total. The Bertz CT molecular complexity index is 942. The highest BCUT2D eigenvalue weighted by Crippen LogP contribution is 2.38. The Morgan fingerprint density at radius 3 is 2.31 bits per heavy atom. The van der Waals surface area contributed by atoms with E-state index in [0.717, 1.165) is 41.7 Å². The molecule has 0 bridgehead atoms. The predicted molar refractivity (Wildman–Crippen MR) is 129 cm³/mol. The van der Waals surface area contributed by atoms with Crippen LogP contribution >= 0.6 is 15.9 Å². The van der Waals surface area contributed by atoms with Gasteiger partial charge in [0.15, 0.2) is 0 Å². The number of carbonyl (C=O) groups excluding carboxylic acids is 2. The second kappa shape index (κ2) is 9.73. The van der Waals surface area contributed by atoms with Crippen LogP contribution in [0.25, 0.3) is 0 Å². The molecule has 2 aromatic rings. The van der Waals surface area contributed by atoms with E-state index in [1.54, 1.807) is 4.90 Å². The molecule has 2 aliphatic rings. The van der Waals surface area contributed by atoms with Crippen LogP contribution in [0, 0.1) is 0 Å². The van der Waals surface area contributed by atoms with Crippen molar-refractivity contribution in [1.82, 2.24) is 14.7 Å². The minimum Gasteiger partial charge on any atom is -0.324 e. The van der Waals surface area contributed by atoms with Gasteiger partial charge in [-0.1, -0.05) is 58.4 Å². The molecular formula is C25H31BrN4O2. The van der Waals surface area contributed by atoms with Crippen LogP contribution in [0.15, 0.2) is 59.1 Å². The molecule has 2 saturated heterocycles. The van der Waals surface area contributed by atoms with Gasteiger partial charge in [-0.3, -0.25) is 9.69 Å². The summed E-state index contributed by atoms with van der Waals surface area (Å²) in [4.78, 5) is 32.2. The summed E-state index contributed by atoms with van der Waals surface area (Å²) in [5.74, 6) is -0.0482. The molecule has 0 aliphatic carbocycles. The Balaban J connectivity index is 1.39. The average Bonchev–Trinajstić information content (AvgIpc) is 3.01. The monoisotopic (exact) mass is 498 g/mol. The maximum absolute atomic E-state index is 13.5. The van der Waals surface area contributed by atoms with E-state index in [1.165, 1.54) is 4.90 Å². The molecule has 7 heteroatoms. The lowest BCUT2D eigenvalue weighted by molar-refractivity contribution is -0.136. The molecule has 1 spiro atoms. The van der Waals surface area contributed by atoms with Crippen molar-refractivity contribution in [1.29, 1.82) is 0 Å². The van der Waals surface area contributed by atoms with Crippen LogP contribution in [-0.2, 0) is 11.3 Å². The van der Waals surface area contributed by atoms with Gasteiger partial charge in [-0.2, -0.15) is 0 Å². The van der Waals surface area contributed by atoms with Crippen LogP contribution < -0.4 is 5.73 Å². The van der Waals surface area contributed by atoms with E-state index in [2.05, 4.69) is 33.0 Å². The quantitative estimate of drug-likeness (QED) is 0.581. The first kappa shape index (κ1) is 23.0. The number of hydrogen-bond acceptors (Lipinski definition) is 4. The third-order valence-electron chi connectivity index (χ3n) is 6.86. The molecule has 2 fully saturated rings. The maximum Gasteiger partial charge on any atom is 0.327 e. The van der Waals surface area contributed by atoms with E-state index in [9.17, 15) is 9.59 Å². The van der Waals surface area contributed by atoms with Crippen LogP contribution in [0.4, 0.5) is 4.79 Å². The first-order valence-corrected chi connectivity index (χ1v) is 12.1. The summed E-state index contributed by atoms with van der Waals surface area (Å²) < 4.78 is 0.978. The Hall–Kier alpha value is -2.22. The Labute approximate surface area is 198 Å². The van der Waals surface area contributed by atoms with Crippen LogP contribution in [0.1, 0.15) is 43.4 Å². The number of piperidine rings is 1. The zero-order valence-electron chi connectivity index (χ0n) is 18.5. The molecule has 6 nitrogen and oxygen atoms in total. The van der Waals surface area contributed by atoms with Gasteiger partial charge >= 0.3 is 6.03 Å². The summed E-state index contributed by atoms with van der Waals surface area (Å²) in [5.41, 5.74) is 7.77. The Kier molecular flexibility index (Phi) is 6.98. The van der Waals surface area contributed by atoms with Gasteiger partial charge in [0, 0.05) is 30.1 Å². The lowest BCUT2D eigenvalue weighted by Gasteiger charge is -2.42. The summed E-state index contributed by atoms with van der Waals surface area (Å²) in [6, 6.07) is 17.8. The number of hydrogen-bond donors (Lipinski definition) is 1. The molecule has 32 heavy (non-hydrogen) atoms. The van der Waals surface area contributed by atoms with Gasteiger partial charge in [0.2, 0.25) is 0 Å². The molecule has 0 radical (unpaired) electrons. The zero-order valence-corrected chi connectivity index (χ0v) is 20.1. The highest BCUT2D eigenvalue weighted by atomic mass is 79.9. The fourth-order valence-corrected chi connectivity index (χ4v) is 5.22. The molecule has 2 aromatic carbocycles. The number of nitrogens with two attached hydrogens (primary N) is 1. The van der Waals surface area contributed by atoms with Gasteiger partial charge in [-0.25, -0.2) is 4.79 Å². The Morgan fingerprint density at radius 2 is 1.69 bits per heavy atom. The van der Waals surface area contributed by atoms with Crippen LogP contribution in [-0.4, -0.2) is 58.4 Å². The van der Waals surface area contributed by atoms with E-state index in [4.69, 9.17) is 5.73 Å². The van der Waals surface area contributed by atoms with E-state index in [1.807, 2.05) is 49.4 Å². The summed E-state index contributed by atoms with van der Waals surface area (Å²) in [6.07, 6.45) is 2.21. The summed E-state index contributed by atoms with van der Waals surface area (Å²) in [7, 11) is 0. The molecular weight excluding hydrogens is 468 g/mol. The summed E-state index contributed by atoms with van der Waals surface area (Å²) in [5, 5.41) is 0. The molecule has 1 atom stereocenters. The molecule has 0 aromatic heterocycles. The Morgan fingerprint density at radius 1 is 1.03 bits per heavy atom. The minimum absolute atomic E-state index is 0.00955. The van der Waals surface area contributed by atoms with Crippen LogP contribution in [0.5, 0.6) is 0 Å². The molecule has 170 valence electrons. The maximum atomic E-state index is 13.5. The number of nitrogens with zero attached hydrogens (tertiary/aromatic N) is 3. The van der Waals surface area contributed by atoms with Gasteiger partial charge in [-0.05, 0) is 56.0 Å². The van der Waals surface area contributed by atoms with Crippen LogP contribution in [0.2, 0.25) is 0 Å². The van der Waals surface area contributed by atoms with E-state index < -0.39 is 5.54 Å². The van der Waals surface area contributed by atoms with Crippen molar-refractivity contribution in [2.75, 3.05) is 26.2 Å². The number of rotatable bonds is 7. The van der Waals surface area contributed by atoms with E-state index >= 15 is 0 Å². The topological polar surface area (TPSA) is 69.9 Å². The second-order valence-electron chi connectivity index (χ2n) is 8.72. The van der Waals surface area contributed by atoms with Crippen molar-refractivity contribution in [3.05, 3.63) is 70.2 Å². The number of likely N-dealkylation sites (tertiary alicyclic amines) is 1. The number of halogens is 1. The third kappa shape index (κ3) is 4.47. The lowest BCUT2D eigenvalue weighted by Crippen LogP contribution is -2.56. The summed E-state index contributed by atoms with van der Waals surface area (Å²) in [6.45, 7) is 5.30. The minimum atomic E-state index is -0.709. The fraction of sp³-hybridized carbons (Fsp3) is 0.440. The largest absolute Gasteiger partial charge is 0.327 e. The van der Waals surface area contributed by atoms with E-state index in [0.29, 0.717) is 25.9 Å². The highest BCUT2D eigenvalue weighted by Gasteiger charge is 2.57. The molecule has 3 amide bonds. The fourth-order valence-electron chi connectivity index (χ4n) is 4.95. The van der Waals surface area contributed by atoms with Gasteiger partial charge in [0.25, 0.3) is 5.91 Å². The molecule has 0 unspecified atom stereocenters. The molecule has 2 heterocycles. The first-order chi connectivity index (χ1) is 15.4. The number of benzene rings is 2. The van der Waals surface area contributed by atoms with Crippen molar-refractivity contribution in [2.24, 2.45) is 5.73 Å². The number of urea groups is 1. The number of likely N-dealkylation sites (N-methyl/N-ethyl adjacent to an activating group) is 1. The number of imide groups is 1. The van der Waals surface area contributed by atoms with Gasteiger partial charge in [0.05, 0.1) is 6.54 Å². The van der Waals surface area contributed by atoms with Crippen LogP contribution in [0.3, 0.4) is 0 Å². The molecule has 4 rings (SSSR count). The van der Waals surface area contributed by atoms with Gasteiger partial charge in [0.1, 0.15) is 5.54 Å². The first-order valence-electron chi connectivity index (χ1n) is 11.4. The zero-order chi connectivity index (χ0) is 22.7. The normalized spacial score (nSPS) is 19.7. The number of amides is 3. The standard InChI is InChI=1S/C25H31BrN4O2/c1-2-30-24(32)29(18-19-8-10-21(26)11-9-19)23(31)25(30)13-16-28(17-14-25)15-12-22(27)20-6-4-3-5-7-20/h3-11,22H,2,12-18,27H2,1H3/t22-/m0/s1. The summed E-state index contributed by atoms with van der Waals surface area (Å²) >= 11 is 3.43. The van der Waals surface area contributed by atoms with Crippen molar-refractivity contribution >= 4 is 27.9 Å². The lowest BCUT2D eigenvalue weighted by atomic mass is 9.85. The van der Waals surface area contributed by atoms with Crippen molar-refractivity contribution < 1.29 is 9.59 Å². The van der Waals surface area contributed by atoms with Crippen molar-refractivity contribution in [3.63, 3.8) is 0 Å². The smallest absolute Gasteiger partial charge is 0.324 e. The third-order valence-corrected chi connectivity index (χ3v) is 7.39. The highest BCUT2D eigenvalue weighted by molar-refractivity contribution is 9.10. The van der Waals surface area contributed by atoms with Gasteiger partial charge < -0.3 is 15.5 Å². The van der Waals surface area contributed by atoms with Gasteiger partial charge in [-0.15, -0.1) is 0 Å². The van der Waals surface area contributed by atoms with Crippen molar-refractivity contribution in [3.8, 4) is 0 Å². The predicted octanol–water partition coefficient (Wildman–Crippen LogP) is 4.16. The SMILES string of the molecule is CCN1C(=O)N(Cc2ccc(Br)cc2)C(=O)C12CCN(CC[C@H](N)c1ccccc1)CC2. The number of carbonyl (C=O) groups is 2. The van der Waals surface area contributed by atoms with E-state index in [-0.39, 0.29) is 18.0 Å². The second-order valence-corrected chi connectivity index (χ2v) is 9.64. The van der Waals surface area contributed by atoms with Crippen molar-refractivity contribution in [2.45, 2.75) is 44.3 Å². The molecule has 0 saturated carbocycles.